The fourth-order valence-corrected chi connectivity index (χ4v) is 1.49. The molecule has 0 aliphatic heterocycles. The van der Waals surface area contributed by atoms with Crippen LogP contribution in [-0.2, 0) is 0 Å². The molecule has 0 saturated heterocycles. The first-order chi connectivity index (χ1) is 8.33. The van der Waals surface area contributed by atoms with Gasteiger partial charge in [-0.2, -0.15) is 4.98 Å². The van der Waals surface area contributed by atoms with E-state index in [0.717, 1.165) is 5.56 Å². The third kappa shape index (κ3) is 1.78. The number of furan rings is 1. The molecular formula is C12H8N2O3. The van der Waals surface area contributed by atoms with Gasteiger partial charge in [-0.1, -0.05) is 11.2 Å². The number of phenols is 1. The highest BCUT2D eigenvalue weighted by atomic mass is 16.5. The molecule has 17 heavy (non-hydrogen) atoms. The Hall–Kier alpha value is -2.56. The second-order valence-electron chi connectivity index (χ2n) is 3.49. The monoisotopic (exact) mass is 228 g/mol. The Morgan fingerprint density at radius 2 is 2.06 bits per heavy atom. The Kier molecular flexibility index (Phi) is 2.15. The largest absolute Gasteiger partial charge is 0.508 e. The van der Waals surface area contributed by atoms with Crippen LogP contribution >= 0.6 is 0 Å². The van der Waals surface area contributed by atoms with Crippen molar-refractivity contribution >= 4 is 0 Å². The SMILES string of the molecule is Oc1cccc(-c2nc(-c3ccoc3)no2)c1. The molecule has 1 aromatic carbocycles. The third-order valence-electron chi connectivity index (χ3n) is 2.30. The topological polar surface area (TPSA) is 72.3 Å². The second-order valence-corrected chi connectivity index (χ2v) is 3.49. The van der Waals surface area contributed by atoms with Crippen molar-refractivity contribution in [1.82, 2.24) is 10.1 Å². The smallest absolute Gasteiger partial charge is 0.258 e. The minimum absolute atomic E-state index is 0.158. The van der Waals surface area contributed by atoms with Crippen LogP contribution in [-0.4, -0.2) is 15.2 Å². The van der Waals surface area contributed by atoms with Crippen molar-refractivity contribution in [2.75, 3.05) is 0 Å². The molecule has 1 N–H and O–H groups in total. The molecule has 0 aliphatic carbocycles. The van der Waals surface area contributed by atoms with E-state index in [1.54, 1.807) is 36.6 Å². The van der Waals surface area contributed by atoms with Gasteiger partial charge >= 0.3 is 0 Å². The van der Waals surface area contributed by atoms with Crippen LogP contribution in [0.2, 0.25) is 0 Å². The molecule has 2 heterocycles. The normalized spacial score (nSPS) is 10.6. The Morgan fingerprint density at radius 3 is 2.82 bits per heavy atom. The lowest BCUT2D eigenvalue weighted by Crippen LogP contribution is -1.78. The Morgan fingerprint density at radius 1 is 1.12 bits per heavy atom. The highest BCUT2D eigenvalue weighted by Crippen LogP contribution is 2.24. The lowest BCUT2D eigenvalue weighted by molar-refractivity contribution is 0.431. The lowest BCUT2D eigenvalue weighted by Gasteiger charge is -1.94. The average Bonchev–Trinajstić information content (AvgIpc) is 3.00. The number of aromatic nitrogens is 2. The van der Waals surface area contributed by atoms with E-state index in [2.05, 4.69) is 10.1 Å². The van der Waals surface area contributed by atoms with Crippen molar-refractivity contribution in [3.05, 3.63) is 42.9 Å². The summed E-state index contributed by atoms with van der Waals surface area (Å²) in [6.45, 7) is 0. The zero-order chi connectivity index (χ0) is 11.7. The Bertz CT molecular complexity index is 629. The summed E-state index contributed by atoms with van der Waals surface area (Å²) in [6, 6.07) is 8.39. The van der Waals surface area contributed by atoms with Gasteiger partial charge in [0.05, 0.1) is 11.8 Å². The standard InChI is InChI=1S/C12H8N2O3/c15-10-3-1-2-8(6-10)12-13-11(14-17-12)9-4-5-16-7-9/h1-7,15H. The van der Waals surface area contributed by atoms with Gasteiger partial charge in [0.2, 0.25) is 5.82 Å². The van der Waals surface area contributed by atoms with Crippen LogP contribution in [0.1, 0.15) is 0 Å². The molecule has 3 rings (SSSR count). The van der Waals surface area contributed by atoms with Gasteiger partial charge in [-0.05, 0) is 24.3 Å². The van der Waals surface area contributed by atoms with E-state index < -0.39 is 0 Å². The van der Waals surface area contributed by atoms with Gasteiger partial charge in [0.1, 0.15) is 12.0 Å². The minimum atomic E-state index is 0.158. The number of phenolic OH excluding ortho intramolecular Hbond substituents is 1. The third-order valence-corrected chi connectivity index (χ3v) is 2.30. The van der Waals surface area contributed by atoms with Crippen molar-refractivity contribution < 1.29 is 14.0 Å². The van der Waals surface area contributed by atoms with Crippen LogP contribution in [0.3, 0.4) is 0 Å². The van der Waals surface area contributed by atoms with Crippen LogP contribution in [0.5, 0.6) is 5.75 Å². The van der Waals surface area contributed by atoms with E-state index >= 15 is 0 Å². The molecule has 0 saturated carbocycles. The van der Waals surface area contributed by atoms with Gasteiger partial charge < -0.3 is 14.0 Å². The van der Waals surface area contributed by atoms with Gasteiger partial charge in [-0.3, -0.25) is 0 Å². The molecular weight excluding hydrogens is 220 g/mol. The fraction of sp³-hybridized carbons (Fsp3) is 0. The predicted octanol–water partition coefficient (Wildman–Crippen LogP) is 2.70. The molecule has 0 fully saturated rings. The number of benzene rings is 1. The summed E-state index contributed by atoms with van der Waals surface area (Å²) in [6.07, 6.45) is 3.08. The van der Waals surface area contributed by atoms with Gasteiger partial charge in [-0.15, -0.1) is 0 Å². The summed E-state index contributed by atoms with van der Waals surface area (Å²) in [4.78, 5) is 4.22. The first-order valence-electron chi connectivity index (χ1n) is 4.98. The second kappa shape index (κ2) is 3.79. The van der Waals surface area contributed by atoms with Gasteiger partial charge in [0, 0.05) is 5.56 Å². The van der Waals surface area contributed by atoms with Crippen LogP contribution < -0.4 is 0 Å². The Labute approximate surface area is 96.3 Å². The molecule has 84 valence electrons. The molecule has 0 spiro atoms. The van der Waals surface area contributed by atoms with Crippen molar-refractivity contribution in [2.45, 2.75) is 0 Å². The number of hydrogen-bond acceptors (Lipinski definition) is 5. The molecule has 0 atom stereocenters. The predicted molar refractivity (Wildman–Crippen MR) is 59.1 cm³/mol. The van der Waals surface area contributed by atoms with Crippen LogP contribution in [0, 0.1) is 0 Å². The maximum absolute atomic E-state index is 9.36. The van der Waals surface area contributed by atoms with Gasteiger partial charge in [-0.25, -0.2) is 0 Å². The van der Waals surface area contributed by atoms with Crippen molar-refractivity contribution in [1.29, 1.82) is 0 Å². The van der Waals surface area contributed by atoms with Crippen molar-refractivity contribution in [3.8, 4) is 28.6 Å². The Balaban J connectivity index is 2.01. The summed E-state index contributed by atoms with van der Waals surface area (Å²) < 4.78 is 10.1. The van der Waals surface area contributed by atoms with E-state index in [1.165, 1.54) is 6.26 Å². The van der Waals surface area contributed by atoms with E-state index in [9.17, 15) is 5.11 Å². The molecule has 0 amide bonds. The average molecular weight is 228 g/mol. The molecule has 2 aromatic heterocycles. The van der Waals surface area contributed by atoms with Gasteiger partial charge in [0.15, 0.2) is 0 Å². The lowest BCUT2D eigenvalue weighted by atomic mass is 10.2. The van der Waals surface area contributed by atoms with Gasteiger partial charge in [0.25, 0.3) is 5.89 Å². The van der Waals surface area contributed by atoms with Crippen LogP contribution in [0.4, 0.5) is 0 Å². The molecule has 0 aliphatic rings. The van der Waals surface area contributed by atoms with Crippen LogP contribution in [0.25, 0.3) is 22.8 Å². The molecule has 3 aromatic rings. The van der Waals surface area contributed by atoms with Crippen LogP contribution in [0.15, 0.2) is 51.8 Å². The van der Waals surface area contributed by atoms with E-state index in [-0.39, 0.29) is 5.75 Å². The quantitative estimate of drug-likeness (QED) is 0.730. The summed E-state index contributed by atoms with van der Waals surface area (Å²) in [7, 11) is 0. The zero-order valence-corrected chi connectivity index (χ0v) is 8.70. The molecule has 5 nitrogen and oxygen atoms in total. The maximum atomic E-state index is 9.36. The zero-order valence-electron chi connectivity index (χ0n) is 8.70. The summed E-state index contributed by atoms with van der Waals surface area (Å²) in [5, 5.41) is 13.2. The maximum Gasteiger partial charge on any atom is 0.258 e. The summed E-state index contributed by atoms with van der Waals surface area (Å²) >= 11 is 0. The van der Waals surface area contributed by atoms with E-state index in [4.69, 9.17) is 8.94 Å². The van der Waals surface area contributed by atoms with Crippen molar-refractivity contribution in [3.63, 3.8) is 0 Å². The minimum Gasteiger partial charge on any atom is -0.508 e. The summed E-state index contributed by atoms with van der Waals surface area (Å²) in [5.41, 5.74) is 1.42. The molecule has 5 heteroatoms. The number of nitrogens with zero attached hydrogens (tertiary/aromatic N) is 2. The highest BCUT2D eigenvalue weighted by molar-refractivity contribution is 5.59. The first kappa shape index (κ1) is 9.65. The molecule has 0 radical (unpaired) electrons. The number of aromatic hydroxyl groups is 1. The van der Waals surface area contributed by atoms with E-state index in [1.807, 2.05) is 0 Å². The van der Waals surface area contributed by atoms with E-state index in [0.29, 0.717) is 17.3 Å². The highest BCUT2D eigenvalue weighted by Gasteiger charge is 2.11. The van der Waals surface area contributed by atoms with Crippen molar-refractivity contribution in [2.24, 2.45) is 0 Å². The fourth-order valence-electron chi connectivity index (χ4n) is 1.49. The molecule has 0 unspecified atom stereocenters. The number of hydrogen-bond donors (Lipinski definition) is 1. The first-order valence-corrected chi connectivity index (χ1v) is 4.98. The number of rotatable bonds is 2. The summed E-state index contributed by atoms with van der Waals surface area (Å²) in [5.74, 6) is 0.972. The molecule has 0 bridgehead atoms.